The summed E-state index contributed by atoms with van der Waals surface area (Å²) >= 11 is 7.39. The molecule has 0 radical (unpaired) electrons. The van der Waals surface area contributed by atoms with Crippen LogP contribution in [-0.2, 0) is 9.59 Å². The van der Waals surface area contributed by atoms with E-state index in [0.29, 0.717) is 0 Å². The summed E-state index contributed by atoms with van der Waals surface area (Å²) in [5.41, 5.74) is 0. The molecule has 1 fully saturated rings. The van der Waals surface area contributed by atoms with Gasteiger partial charge in [-0.1, -0.05) is 0 Å². The zero-order valence-corrected chi connectivity index (χ0v) is 17.9. The van der Waals surface area contributed by atoms with Crippen molar-refractivity contribution >= 4 is 35.0 Å². The Labute approximate surface area is 198 Å². The van der Waals surface area contributed by atoms with Crippen LogP contribution in [0.15, 0.2) is 0 Å². The molecule has 2 amide bonds. The standard InChI is InChI=1S/C14H8Cl2F16N2O2/c15-13(29,30)11(25,26)9(21,22)7(17,18)5(35)33-1-2-34(4-3-33)6(36)8(19,20)10(23,24)12(27,28)14(16,31)32/h1-4H2. The van der Waals surface area contributed by atoms with Crippen LogP contribution >= 0.6 is 23.2 Å². The van der Waals surface area contributed by atoms with E-state index in [1.165, 1.54) is 0 Å². The number of hydrogen-bond acceptors (Lipinski definition) is 2. The predicted molar refractivity (Wildman–Crippen MR) is 84.4 cm³/mol. The Morgan fingerprint density at radius 3 is 0.806 bits per heavy atom. The average molecular weight is 611 g/mol. The molecule has 1 saturated heterocycles. The molecule has 1 aliphatic rings. The van der Waals surface area contributed by atoms with E-state index in [-0.39, 0.29) is 0 Å². The summed E-state index contributed by atoms with van der Waals surface area (Å²) in [4.78, 5) is 22.1. The lowest BCUT2D eigenvalue weighted by molar-refractivity contribution is -0.340. The maximum Gasteiger partial charge on any atom is 0.393 e. The fourth-order valence-electron chi connectivity index (χ4n) is 2.53. The number of amides is 2. The van der Waals surface area contributed by atoms with Gasteiger partial charge in [0, 0.05) is 26.2 Å². The molecule has 0 unspecified atom stereocenters. The van der Waals surface area contributed by atoms with Gasteiger partial charge in [-0.05, 0) is 23.2 Å². The van der Waals surface area contributed by atoms with Gasteiger partial charge >= 0.3 is 46.3 Å². The van der Waals surface area contributed by atoms with Crippen LogP contribution in [-0.4, -0.2) is 94.1 Å². The second kappa shape index (κ2) is 9.00. The first-order valence-corrected chi connectivity index (χ1v) is 9.28. The molecule has 212 valence electrons. The van der Waals surface area contributed by atoms with E-state index < -0.39 is 94.1 Å². The molecular weight excluding hydrogens is 603 g/mol. The number of piperazine rings is 1. The summed E-state index contributed by atoms with van der Waals surface area (Å²) in [6, 6.07) is 0. The first-order valence-electron chi connectivity index (χ1n) is 8.52. The number of hydrogen-bond donors (Lipinski definition) is 0. The molecule has 1 aliphatic heterocycles. The van der Waals surface area contributed by atoms with Gasteiger partial charge in [0.15, 0.2) is 0 Å². The normalized spacial score (nSPS) is 17.9. The summed E-state index contributed by atoms with van der Waals surface area (Å²) < 4.78 is 212. The third-order valence-electron chi connectivity index (χ3n) is 4.68. The smallest absolute Gasteiger partial charge is 0.334 e. The van der Waals surface area contributed by atoms with E-state index in [4.69, 9.17) is 0 Å². The van der Waals surface area contributed by atoms with E-state index in [9.17, 15) is 79.8 Å². The summed E-state index contributed by atoms with van der Waals surface area (Å²) in [7, 11) is 0. The van der Waals surface area contributed by atoms with Crippen LogP contribution in [0, 0.1) is 0 Å². The highest BCUT2D eigenvalue weighted by atomic mass is 35.5. The van der Waals surface area contributed by atoms with Crippen LogP contribution in [0.25, 0.3) is 0 Å². The predicted octanol–water partition coefficient (Wildman–Crippen LogP) is 5.13. The quantitative estimate of drug-likeness (QED) is 0.282. The van der Waals surface area contributed by atoms with Crippen molar-refractivity contribution in [2.24, 2.45) is 0 Å². The van der Waals surface area contributed by atoms with Crippen LogP contribution in [0.3, 0.4) is 0 Å². The van der Waals surface area contributed by atoms with Crippen LogP contribution in [0.1, 0.15) is 0 Å². The van der Waals surface area contributed by atoms with E-state index in [0.717, 1.165) is 0 Å². The molecule has 0 N–H and O–H groups in total. The van der Waals surface area contributed by atoms with Gasteiger partial charge < -0.3 is 9.80 Å². The fraction of sp³-hybridized carbons (Fsp3) is 0.857. The summed E-state index contributed by atoms with van der Waals surface area (Å²) in [5.74, 6) is -48.4. The largest absolute Gasteiger partial charge is 0.393 e. The highest BCUT2D eigenvalue weighted by Gasteiger charge is 2.84. The number of nitrogens with zero attached hydrogens (tertiary/aromatic N) is 2. The third-order valence-corrected chi connectivity index (χ3v) is 5.16. The highest BCUT2D eigenvalue weighted by Crippen LogP contribution is 2.55. The van der Waals surface area contributed by atoms with E-state index >= 15 is 0 Å². The van der Waals surface area contributed by atoms with Crippen molar-refractivity contribution in [2.45, 2.75) is 46.3 Å². The van der Waals surface area contributed by atoms with Gasteiger partial charge in [-0.3, -0.25) is 9.59 Å². The van der Waals surface area contributed by atoms with Crippen molar-refractivity contribution in [3.05, 3.63) is 0 Å². The Morgan fingerprint density at radius 1 is 0.444 bits per heavy atom. The minimum Gasteiger partial charge on any atom is -0.334 e. The number of halogens is 18. The maximum absolute atomic E-state index is 13.8. The van der Waals surface area contributed by atoms with Gasteiger partial charge in [0.25, 0.3) is 11.8 Å². The Hall–Kier alpha value is -1.60. The fourth-order valence-corrected chi connectivity index (χ4v) is 2.77. The molecule has 1 rings (SSSR count). The molecule has 22 heteroatoms. The summed E-state index contributed by atoms with van der Waals surface area (Å²) in [6.07, 6.45) is 0. The van der Waals surface area contributed by atoms with Gasteiger partial charge in [0.05, 0.1) is 0 Å². The molecule has 0 bridgehead atoms. The van der Waals surface area contributed by atoms with Crippen LogP contribution in [0.2, 0.25) is 0 Å². The van der Waals surface area contributed by atoms with Crippen molar-refractivity contribution in [3.63, 3.8) is 0 Å². The Bertz CT molecular complexity index is 792. The van der Waals surface area contributed by atoms with Crippen LogP contribution in [0.4, 0.5) is 70.2 Å². The average Bonchev–Trinajstić information content (AvgIpc) is 2.70. The minimum atomic E-state index is -7.16. The molecule has 0 aromatic rings. The second-order valence-electron chi connectivity index (χ2n) is 7.03. The van der Waals surface area contributed by atoms with Crippen LogP contribution < -0.4 is 0 Å². The Balaban J connectivity index is 3.12. The first-order chi connectivity index (χ1) is 15.5. The lowest BCUT2D eigenvalue weighted by Crippen LogP contribution is -2.68. The summed E-state index contributed by atoms with van der Waals surface area (Å²) in [5, 5.41) is -12.6. The molecule has 0 aromatic heterocycles. The molecule has 36 heavy (non-hydrogen) atoms. The van der Waals surface area contributed by atoms with E-state index in [2.05, 4.69) is 23.2 Å². The van der Waals surface area contributed by atoms with E-state index in [1.54, 1.807) is 0 Å². The molecular formula is C14H8Cl2F16N2O2. The van der Waals surface area contributed by atoms with Gasteiger partial charge in [-0.15, -0.1) is 0 Å². The molecule has 0 aliphatic carbocycles. The lowest BCUT2D eigenvalue weighted by atomic mass is 10.0. The molecule has 4 nitrogen and oxygen atoms in total. The molecule has 0 atom stereocenters. The zero-order valence-electron chi connectivity index (χ0n) is 16.3. The number of carbonyl (C=O) groups is 2. The zero-order chi connectivity index (χ0) is 29.1. The first kappa shape index (κ1) is 32.4. The van der Waals surface area contributed by atoms with Gasteiger partial charge in [0.1, 0.15) is 0 Å². The van der Waals surface area contributed by atoms with Crippen molar-refractivity contribution in [2.75, 3.05) is 26.2 Å². The number of rotatable bonds is 8. The third kappa shape index (κ3) is 4.70. The number of carbonyl (C=O) groups excluding carboxylic acids is 2. The molecule has 0 saturated carbocycles. The van der Waals surface area contributed by atoms with Crippen LogP contribution in [0.5, 0.6) is 0 Å². The highest BCUT2D eigenvalue weighted by molar-refractivity contribution is 6.22. The summed E-state index contributed by atoms with van der Waals surface area (Å²) in [6.45, 7) is -6.49. The minimum absolute atomic E-state index is 0.571. The number of alkyl halides is 18. The SMILES string of the molecule is O=C(N1CCN(C(=O)C(F)(F)C(F)(F)C(F)(F)C(F)(F)Cl)CC1)C(F)(F)C(F)(F)C(F)(F)C(F)(F)Cl. The van der Waals surface area contributed by atoms with Crippen molar-refractivity contribution in [3.8, 4) is 0 Å². The van der Waals surface area contributed by atoms with Crippen molar-refractivity contribution in [1.29, 1.82) is 0 Å². The van der Waals surface area contributed by atoms with Gasteiger partial charge in [0.2, 0.25) is 0 Å². The maximum atomic E-state index is 13.8. The van der Waals surface area contributed by atoms with Crippen molar-refractivity contribution < 1.29 is 79.8 Å². The lowest BCUT2D eigenvalue weighted by Gasteiger charge is -2.41. The van der Waals surface area contributed by atoms with Gasteiger partial charge in [-0.2, -0.15) is 70.2 Å². The monoisotopic (exact) mass is 610 g/mol. The van der Waals surface area contributed by atoms with E-state index in [1.807, 2.05) is 0 Å². The Kier molecular flexibility index (Phi) is 8.11. The molecule has 1 heterocycles. The molecule has 0 aromatic carbocycles. The Morgan fingerprint density at radius 2 is 0.639 bits per heavy atom. The second-order valence-corrected chi connectivity index (χ2v) is 7.98. The molecule has 0 spiro atoms. The topological polar surface area (TPSA) is 40.6 Å². The van der Waals surface area contributed by atoms with Gasteiger partial charge in [-0.25, -0.2) is 0 Å². The van der Waals surface area contributed by atoms with Crippen molar-refractivity contribution in [1.82, 2.24) is 9.80 Å².